The molecule has 0 saturated carbocycles. The number of hydrogen-bond acceptors (Lipinski definition) is 3. The molecule has 2 nitrogen and oxygen atoms in total. The first kappa shape index (κ1) is 10.6. The highest BCUT2D eigenvalue weighted by Crippen LogP contribution is 2.16. The summed E-state index contributed by atoms with van der Waals surface area (Å²) >= 11 is 1.83. The molecule has 1 heterocycles. The second kappa shape index (κ2) is 5.81. The zero-order valence-electron chi connectivity index (χ0n) is 8.69. The number of thioether (sulfide) groups is 1. The minimum absolute atomic E-state index is 0.758. The van der Waals surface area contributed by atoms with Crippen LogP contribution < -0.4 is 4.74 Å². The Balaban J connectivity index is 1.63. The third kappa shape index (κ3) is 3.59. The van der Waals surface area contributed by atoms with Gasteiger partial charge in [0.15, 0.2) is 0 Å². The maximum atomic E-state index is 5.59. The Bertz CT molecular complexity index is 324. The van der Waals surface area contributed by atoms with Crippen molar-refractivity contribution >= 4 is 16.8 Å². The molecule has 0 atom stereocenters. The van der Waals surface area contributed by atoms with E-state index < -0.39 is 0 Å². The molecule has 1 aromatic carbocycles. The standard InChI is InChI=1S/C12H15NOS/c1-2-5-11(6-3-1)14-9-10-15-12-7-4-8-13-12/h1-3,5-6H,4,7-10H2. The molecule has 1 aliphatic heterocycles. The highest BCUT2D eigenvalue weighted by atomic mass is 32.2. The molecule has 0 spiro atoms. The first-order valence-electron chi connectivity index (χ1n) is 5.29. The molecule has 0 amide bonds. The van der Waals surface area contributed by atoms with Gasteiger partial charge in [-0.15, -0.1) is 11.8 Å². The molecule has 0 unspecified atom stereocenters. The SMILES string of the molecule is c1ccc(OCCSC2=NCCC2)cc1. The molecule has 0 fully saturated rings. The van der Waals surface area contributed by atoms with Crippen molar-refractivity contribution in [3.05, 3.63) is 30.3 Å². The van der Waals surface area contributed by atoms with Gasteiger partial charge in [0.25, 0.3) is 0 Å². The summed E-state index contributed by atoms with van der Waals surface area (Å²) < 4.78 is 5.59. The summed E-state index contributed by atoms with van der Waals surface area (Å²) in [6.07, 6.45) is 2.39. The third-order valence-electron chi connectivity index (χ3n) is 2.20. The predicted molar refractivity (Wildman–Crippen MR) is 65.9 cm³/mol. The number of rotatable bonds is 4. The van der Waals surface area contributed by atoms with Crippen molar-refractivity contribution in [2.24, 2.45) is 4.99 Å². The lowest BCUT2D eigenvalue weighted by Gasteiger charge is -2.05. The molecule has 0 N–H and O–H groups in total. The zero-order chi connectivity index (χ0) is 10.3. The fraction of sp³-hybridized carbons (Fsp3) is 0.417. The molecule has 0 bridgehead atoms. The van der Waals surface area contributed by atoms with Gasteiger partial charge in [0.1, 0.15) is 5.75 Å². The fourth-order valence-corrected chi connectivity index (χ4v) is 2.34. The molecular formula is C12H15NOS. The smallest absolute Gasteiger partial charge is 0.119 e. The topological polar surface area (TPSA) is 21.6 Å². The van der Waals surface area contributed by atoms with Gasteiger partial charge in [0, 0.05) is 12.3 Å². The summed E-state index contributed by atoms with van der Waals surface area (Å²) in [7, 11) is 0. The summed E-state index contributed by atoms with van der Waals surface area (Å²) in [6, 6.07) is 9.94. The Hall–Kier alpha value is -0.960. The minimum atomic E-state index is 0.758. The van der Waals surface area contributed by atoms with Crippen LogP contribution in [0.4, 0.5) is 0 Å². The van der Waals surface area contributed by atoms with Gasteiger partial charge in [-0.05, 0) is 25.0 Å². The number of ether oxygens (including phenoxy) is 1. The van der Waals surface area contributed by atoms with Crippen LogP contribution in [-0.4, -0.2) is 23.9 Å². The lowest BCUT2D eigenvalue weighted by atomic mass is 10.3. The van der Waals surface area contributed by atoms with Gasteiger partial charge < -0.3 is 4.74 Å². The maximum absolute atomic E-state index is 5.59. The number of hydrogen-bond donors (Lipinski definition) is 0. The molecule has 3 heteroatoms. The van der Waals surface area contributed by atoms with Crippen LogP contribution in [0.2, 0.25) is 0 Å². The van der Waals surface area contributed by atoms with Crippen molar-refractivity contribution in [3.8, 4) is 5.75 Å². The van der Waals surface area contributed by atoms with Gasteiger partial charge in [-0.2, -0.15) is 0 Å². The van der Waals surface area contributed by atoms with Crippen molar-refractivity contribution in [2.75, 3.05) is 18.9 Å². The van der Waals surface area contributed by atoms with E-state index >= 15 is 0 Å². The molecule has 0 aromatic heterocycles. The van der Waals surface area contributed by atoms with E-state index in [9.17, 15) is 0 Å². The van der Waals surface area contributed by atoms with Gasteiger partial charge in [0.05, 0.1) is 11.7 Å². The number of nitrogens with zero attached hydrogens (tertiary/aromatic N) is 1. The van der Waals surface area contributed by atoms with Gasteiger partial charge in [-0.25, -0.2) is 0 Å². The second-order valence-electron chi connectivity index (χ2n) is 3.39. The minimum Gasteiger partial charge on any atom is -0.493 e. The lowest BCUT2D eigenvalue weighted by molar-refractivity contribution is 0.344. The van der Waals surface area contributed by atoms with Crippen molar-refractivity contribution in [3.63, 3.8) is 0 Å². The fourth-order valence-electron chi connectivity index (χ4n) is 1.47. The van der Waals surface area contributed by atoms with Gasteiger partial charge in [-0.1, -0.05) is 18.2 Å². The third-order valence-corrected chi connectivity index (χ3v) is 3.24. The highest BCUT2D eigenvalue weighted by Gasteiger charge is 2.05. The van der Waals surface area contributed by atoms with E-state index in [4.69, 9.17) is 4.74 Å². The quantitative estimate of drug-likeness (QED) is 0.729. The normalized spacial score (nSPS) is 15.1. The van der Waals surface area contributed by atoms with Crippen molar-refractivity contribution in [1.82, 2.24) is 0 Å². The van der Waals surface area contributed by atoms with Crippen LogP contribution in [0.1, 0.15) is 12.8 Å². The summed E-state index contributed by atoms with van der Waals surface area (Å²) in [5.74, 6) is 1.94. The summed E-state index contributed by atoms with van der Waals surface area (Å²) in [4.78, 5) is 4.40. The molecule has 0 radical (unpaired) electrons. The van der Waals surface area contributed by atoms with E-state index in [2.05, 4.69) is 4.99 Å². The van der Waals surface area contributed by atoms with E-state index in [1.807, 2.05) is 42.1 Å². The highest BCUT2D eigenvalue weighted by molar-refractivity contribution is 8.13. The van der Waals surface area contributed by atoms with Crippen LogP contribution in [0.3, 0.4) is 0 Å². The molecule has 0 saturated heterocycles. The molecule has 1 aliphatic rings. The predicted octanol–water partition coefficient (Wildman–Crippen LogP) is 2.99. The molecule has 80 valence electrons. The van der Waals surface area contributed by atoms with Crippen LogP contribution in [-0.2, 0) is 0 Å². The lowest BCUT2D eigenvalue weighted by Crippen LogP contribution is -2.01. The van der Waals surface area contributed by atoms with Gasteiger partial charge >= 0.3 is 0 Å². The van der Waals surface area contributed by atoms with E-state index in [0.29, 0.717) is 0 Å². The average molecular weight is 221 g/mol. The molecule has 2 rings (SSSR count). The molecule has 15 heavy (non-hydrogen) atoms. The first-order chi connectivity index (χ1) is 7.45. The number of benzene rings is 1. The summed E-state index contributed by atoms with van der Waals surface area (Å²) in [6.45, 7) is 1.77. The molecule has 1 aromatic rings. The van der Waals surface area contributed by atoms with Crippen LogP contribution in [0.25, 0.3) is 0 Å². The number of aliphatic imine (C=N–C) groups is 1. The Kier molecular flexibility index (Phi) is 4.09. The zero-order valence-corrected chi connectivity index (χ0v) is 9.50. The average Bonchev–Trinajstić information content (AvgIpc) is 2.79. The second-order valence-corrected chi connectivity index (χ2v) is 4.56. The molecule has 0 aliphatic carbocycles. The van der Waals surface area contributed by atoms with Gasteiger partial charge in [0.2, 0.25) is 0 Å². The Morgan fingerprint density at radius 3 is 2.87 bits per heavy atom. The monoisotopic (exact) mass is 221 g/mol. The van der Waals surface area contributed by atoms with Crippen LogP contribution >= 0.6 is 11.8 Å². The van der Waals surface area contributed by atoms with Crippen LogP contribution in [0.15, 0.2) is 35.3 Å². The Labute approximate surface area is 94.7 Å². The first-order valence-corrected chi connectivity index (χ1v) is 6.28. The molecular weight excluding hydrogens is 206 g/mol. The van der Waals surface area contributed by atoms with Gasteiger partial charge in [-0.3, -0.25) is 4.99 Å². The number of para-hydroxylation sites is 1. The van der Waals surface area contributed by atoms with Crippen molar-refractivity contribution in [1.29, 1.82) is 0 Å². The van der Waals surface area contributed by atoms with E-state index in [1.165, 1.54) is 11.5 Å². The maximum Gasteiger partial charge on any atom is 0.119 e. The van der Waals surface area contributed by atoms with Crippen LogP contribution in [0.5, 0.6) is 5.75 Å². The van der Waals surface area contributed by atoms with Crippen LogP contribution in [0, 0.1) is 0 Å². The van der Waals surface area contributed by atoms with E-state index in [1.54, 1.807) is 0 Å². The Morgan fingerprint density at radius 2 is 2.13 bits per heavy atom. The largest absolute Gasteiger partial charge is 0.493 e. The Morgan fingerprint density at radius 1 is 1.27 bits per heavy atom. The van der Waals surface area contributed by atoms with Crippen molar-refractivity contribution < 1.29 is 4.74 Å². The van der Waals surface area contributed by atoms with E-state index in [-0.39, 0.29) is 0 Å². The summed E-state index contributed by atoms with van der Waals surface area (Å²) in [5, 5.41) is 1.30. The van der Waals surface area contributed by atoms with E-state index in [0.717, 1.165) is 31.1 Å². The summed E-state index contributed by atoms with van der Waals surface area (Å²) in [5.41, 5.74) is 0. The van der Waals surface area contributed by atoms with Crippen molar-refractivity contribution in [2.45, 2.75) is 12.8 Å².